The fourth-order valence-electron chi connectivity index (χ4n) is 3.71. The number of nitrogens with zero attached hydrogens (tertiary/aromatic N) is 1. The number of hydrogen-bond acceptors (Lipinski definition) is 6. The van der Waals surface area contributed by atoms with Gasteiger partial charge in [0.25, 0.3) is 10.0 Å². The molecular weight excluding hydrogens is 505 g/mol. The van der Waals surface area contributed by atoms with Gasteiger partial charge in [-0.2, -0.15) is 0 Å². The van der Waals surface area contributed by atoms with Crippen LogP contribution < -0.4 is 4.31 Å². The largest absolute Gasteiger partial charge is 0.465 e. The van der Waals surface area contributed by atoms with E-state index in [9.17, 15) is 17.6 Å². The molecule has 0 bridgehead atoms. The maximum atomic E-state index is 13.7. The van der Waals surface area contributed by atoms with Gasteiger partial charge in [0.1, 0.15) is 17.4 Å². The molecule has 2 aromatic rings. The molecule has 1 aliphatic carbocycles. The highest BCUT2D eigenvalue weighted by Gasteiger charge is 2.33. The minimum absolute atomic E-state index is 0.0666. The zero-order valence-corrected chi connectivity index (χ0v) is 20.3. The van der Waals surface area contributed by atoms with Crippen LogP contribution in [0.15, 0.2) is 39.7 Å². The van der Waals surface area contributed by atoms with Crippen molar-refractivity contribution >= 4 is 37.6 Å². The van der Waals surface area contributed by atoms with Crippen LogP contribution in [0.1, 0.15) is 34.3 Å². The summed E-state index contributed by atoms with van der Waals surface area (Å²) >= 11 is 3.14. The van der Waals surface area contributed by atoms with Crippen molar-refractivity contribution in [2.75, 3.05) is 38.5 Å². The third-order valence-corrected chi connectivity index (χ3v) is 7.98. The molecule has 0 radical (unpaired) electrons. The molecule has 0 saturated carbocycles. The van der Waals surface area contributed by atoms with Crippen LogP contribution in [0.2, 0.25) is 0 Å². The zero-order valence-electron chi connectivity index (χ0n) is 17.9. The molecule has 3 rings (SSSR count). The molecule has 0 aromatic heterocycles. The summed E-state index contributed by atoms with van der Waals surface area (Å²) in [4.78, 5) is 12.6. The molecule has 1 aliphatic rings. The van der Waals surface area contributed by atoms with Crippen LogP contribution in [-0.4, -0.2) is 48.6 Å². The highest BCUT2D eigenvalue weighted by Crippen LogP contribution is 2.36. The first kappa shape index (κ1) is 24.6. The molecule has 0 aliphatic heterocycles. The molecule has 0 atom stereocenters. The number of anilines is 1. The number of fused-ring (bicyclic) bond motifs is 1. The van der Waals surface area contributed by atoms with E-state index in [1.165, 1.54) is 20.3 Å². The van der Waals surface area contributed by atoms with Crippen LogP contribution in [0.4, 0.5) is 10.1 Å². The molecule has 0 saturated heterocycles. The standard InChI is InChI=1S/C22H25BrFNO6S/c1-29-11-12-31-14-25(32(27,28)20-10-8-16(24)13-18(20)23)19-9-7-15-5-3-4-6-17(15)21(19)22(26)30-2/h7-10,13H,3-6,11-12,14H2,1-2H3. The Labute approximate surface area is 195 Å². The summed E-state index contributed by atoms with van der Waals surface area (Å²) in [6.07, 6.45) is 3.34. The van der Waals surface area contributed by atoms with E-state index in [1.54, 1.807) is 6.07 Å². The quantitative estimate of drug-likeness (QED) is 0.276. The second-order valence-corrected chi connectivity index (χ2v) is 9.94. The van der Waals surface area contributed by atoms with Gasteiger partial charge in [-0.25, -0.2) is 21.9 Å². The van der Waals surface area contributed by atoms with E-state index in [0.29, 0.717) is 6.42 Å². The van der Waals surface area contributed by atoms with Crippen molar-refractivity contribution in [1.29, 1.82) is 0 Å². The SMILES string of the molecule is COCCOCN(c1ccc2c(c1C(=O)OC)CCCC2)S(=O)(=O)c1ccc(F)cc1Br. The van der Waals surface area contributed by atoms with Gasteiger partial charge < -0.3 is 14.2 Å². The van der Waals surface area contributed by atoms with E-state index in [-0.39, 0.29) is 40.6 Å². The molecular formula is C22H25BrFNO6S. The van der Waals surface area contributed by atoms with E-state index in [1.807, 2.05) is 6.07 Å². The minimum Gasteiger partial charge on any atom is -0.465 e. The lowest BCUT2D eigenvalue weighted by Gasteiger charge is -2.29. The van der Waals surface area contributed by atoms with Gasteiger partial charge in [0, 0.05) is 11.6 Å². The second kappa shape index (κ2) is 10.7. The number of sulfonamides is 1. The van der Waals surface area contributed by atoms with Crippen LogP contribution in [0.5, 0.6) is 0 Å². The average molecular weight is 530 g/mol. The molecule has 0 N–H and O–H groups in total. The number of aryl methyl sites for hydroxylation is 1. The predicted octanol–water partition coefficient (Wildman–Crippen LogP) is 4.07. The lowest BCUT2D eigenvalue weighted by atomic mass is 9.87. The number of rotatable bonds is 9. The Bertz CT molecular complexity index is 1090. The molecule has 0 amide bonds. The Kier molecular flexibility index (Phi) is 8.26. The van der Waals surface area contributed by atoms with Crippen molar-refractivity contribution < 1.29 is 31.8 Å². The van der Waals surface area contributed by atoms with E-state index in [0.717, 1.165) is 46.8 Å². The first-order valence-corrected chi connectivity index (χ1v) is 12.3. The topological polar surface area (TPSA) is 82.1 Å². The lowest BCUT2D eigenvalue weighted by molar-refractivity contribution is 0.0598. The van der Waals surface area contributed by atoms with Crippen molar-refractivity contribution in [1.82, 2.24) is 0 Å². The number of hydrogen-bond donors (Lipinski definition) is 0. The molecule has 174 valence electrons. The zero-order chi connectivity index (χ0) is 23.3. The van der Waals surface area contributed by atoms with Gasteiger partial charge in [-0.1, -0.05) is 6.07 Å². The molecule has 7 nitrogen and oxygen atoms in total. The number of carbonyl (C=O) groups is 1. The van der Waals surface area contributed by atoms with Gasteiger partial charge in [-0.3, -0.25) is 0 Å². The van der Waals surface area contributed by atoms with Crippen LogP contribution in [0.25, 0.3) is 0 Å². The third kappa shape index (κ3) is 5.14. The summed E-state index contributed by atoms with van der Waals surface area (Å²) in [7, 11) is -1.46. The van der Waals surface area contributed by atoms with E-state index in [4.69, 9.17) is 14.2 Å². The lowest BCUT2D eigenvalue weighted by Crippen LogP contribution is -2.36. The van der Waals surface area contributed by atoms with Crippen molar-refractivity contribution in [2.24, 2.45) is 0 Å². The maximum absolute atomic E-state index is 13.7. The molecule has 0 fully saturated rings. The monoisotopic (exact) mass is 529 g/mol. The molecule has 0 spiro atoms. The van der Waals surface area contributed by atoms with Crippen LogP contribution in [0.3, 0.4) is 0 Å². The number of carbonyl (C=O) groups excluding carboxylic acids is 1. The number of methoxy groups -OCH3 is 2. The summed E-state index contributed by atoms with van der Waals surface area (Å²) in [6, 6.07) is 6.76. The Morgan fingerprint density at radius 3 is 2.56 bits per heavy atom. The van der Waals surface area contributed by atoms with Gasteiger partial charge in [-0.15, -0.1) is 0 Å². The smallest absolute Gasteiger partial charge is 0.340 e. The Hall–Kier alpha value is -2.01. The number of ether oxygens (including phenoxy) is 3. The summed E-state index contributed by atoms with van der Waals surface area (Å²) in [6.45, 7) is 0.0477. The molecule has 2 aromatic carbocycles. The van der Waals surface area contributed by atoms with Gasteiger partial charge >= 0.3 is 5.97 Å². The first-order valence-electron chi connectivity index (χ1n) is 10.1. The Balaban J connectivity index is 2.17. The Morgan fingerprint density at radius 1 is 1.12 bits per heavy atom. The van der Waals surface area contributed by atoms with Gasteiger partial charge in [0.15, 0.2) is 0 Å². The second-order valence-electron chi connectivity index (χ2n) is 7.25. The molecule has 0 heterocycles. The normalized spacial score (nSPS) is 13.5. The average Bonchev–Trinajstić information content (AvgIpc) is 2.77. The summed E-state index contributed by atoms with van der Waals surface area (Å²) < 4.78 is 57.6. The van der Waals surface area contributed by atoms with E-state index in [2.05, 4.69) is 15.9 Å². The predicted molar refractivity (Wildman–Crippen MR) is 121 cm³/mol. The van der Waals surface area contributed by atoms with Gasteiger partial charge in [0.05, 0.1) is 31.6 Å². The Morgan fingerprint density at radius 2 is 1.88 bits per heavy atom. The number of esters is 1. The minimum atomic E-state index is -4.23. The van der Waals surface area contributed by atoms with Crippen molar-refractivity contribution in [3.63, 3.8) is 0 Å². The summed E-state index contributed by atoms with van der Waals surface area (Å²) in [5, 5.41) is 0. The highest BCUT2D eigenvalue weighted by atomic mass is 79.9. The van der Waals surface area contributed by atoms with Crippen molar-refractivity contribution in [3.05, 3.63) is 57.3 Å². The van der Waals surface area contributed by atoms with E-state index < -0.39 is 21.8 Å². The van der Waals surface area contributed by atoms with E-state index >= 15 is 0 Å². The van der Waals surface area contributed by atoms with Crippen LogP contribution >= 0.6 is 15.9 Å². The third-order valence-electron chi connectivity index (χ3n) is 5.27. The summed E-state index contributed by atoms with van der Waals surface area (Å²) in [5.74, 6) is -1.20. The van der Waals surface area contributed by atoms with Crippen LogP contribution in [0, 0.1) is 5.82 Å². The molecule has 0 unspecified atom stereocenters. The van der Waals surface area contributed by atoms with Crippen molar-refractivity contribution in [2.45, 2.75) is 30.6 Å². The first-order chi connectivity index (χ1) is 15.3. The van der Waals surface area contributed by atoms with Gasteiger partial charge in [-0.05, 0) is 77.0 Å². The molecule has 32 heavy (non-hydrogen) atoms. The summed E-state index contributed by atoms with van der Waals surface area (Å²) in [5.41, 5.74) is 2.16. The van der Waals surface area contributed by atoms with Gasteiger partial charge in [0.2, 0.25) is 0 Å². The maximum Gasteiger partial charge on any atom is 0.340 e. The number of benzene rings is 2. The fraction of sp³-hybridized carbons (Fsp3) is 0.409. The van der Waals surface area contributed by atoms with Crippen molar-refractivity contribution in [3.8, 4) is 0 Å². The fourth-order valence-corrected chi connectivity index (χ4v) is 6.09. The molecule has 10 heteroatoms. The van der Waals surface area contributed by atoms with Crippen LogP contribution in [-0.2, 0) is 37.1 Å². The highest BCUT2D eigenvalue weighted by molar-refractivity contribution is 9.10. The number of halogens is 2.